The van der Waals surface area contributed by atoms with Gasteiger partial charge in [-0.2, -0.15) is 0 Å². The Kier molecular flexibility index (Phi) is 5.31. The summed E-state index contributed by atoms with van der Waals surface area (Å²) in [4.78, 5) is 10.7. The molecule has 2 atom stereocenters. The highest BCUT2D eigenvalue weighted by Crippen LogP contribution is 2.25. The predicted octanol–water partition coefficient (Wildman–Crippen LogP) is 3.37. The third-order valence-corrected chi connectivity index (χ3v) is 4.42. The molecule has 0 bridgehead atoms. The number of nitro groups is 1. The molecule has 1 aromatic rings. The van der Waals surface area contributed by atoms with Gasteiger partial charge in [-0.05, 0) is 45.1 Å². The Morgan fingerprint density at radius 2 is 2.00 bits per heavy atom. The van der Waals surface area contributed by atoms with Crippen LogP contribution >= 0.6 is 0 Å². The lowest BCUT2D eigenvalue weighted by Gasteiger charge is -2.30. The molecule has 1 fully saturated rings. The van der Waals surface area contributed by atoms with Crippen molar-refractivity contribution in [2.45, 2.75) is 45.7 Å². The van der Waals surface area contributed by atoms with Gasteiger partial charge in [0.05, 0.1) is 4.92 Å². The van der Waals surface area contributed by atoms with Gasteiger partial charge in [0, 0.05) is 36.9 Å². The molecule has 1 aliphatic rings. The summed E-state index contributed by atoms with van der Waals surface area (Å²) in [6.07, 6.45) is 2.16. The second-order valence-electron chi connectivity index (χ2n) is 5.93. The van der Waals surface area contributed by atoms with Gasteiger partial charge in [0.25, 0.3) is 5.69 Å². The fourth-order valence-corrected chi connectivity index (χ4v) is 2.93. The maximum Gasteiger partial charge on any atom is 0.272 e. The smallest absolute Gasteiger partial charge is 0.272 e. The Hall–Kier alpha value is -1.46. The average molecular weight is 292 g/mol. The van der Waals surface area contributed by atoms with Crippen molar-refractivity contribution in [3.63, 3.8) is 0 Å². The van der Waals surface area contributed by atoms with Crippen LogP contribution in [0.4, 0.5) is 5.69 Å². The number of ether oxygens (including phenoxy) is 1. The first-order valence-corrected chi connectivity index (χ1v) is 7.57. The van der Waals surface area contributed by atoms with E-state index in [1.807, 2.05) is 12.1 Å². The lowest BCUT2D eigenvalue weighted by atomic mass is 9.92. The van der Waals surface area contributed by atoms with Crippen molar-refractivity contribution in [2.24, 2.45) is 5.92 Å². The minimum atomic E-state index is -0.312. The Labute approximate surface area is 125 Å². The second kappa shape index (κ2) is 7.00. The molecule has 5 heteroatoms. The van der Waals surface area contributed by atoms with E-state index in [-0.39, 0.29) is 16.7 Å². The highest BCUT2D eigenvalue weighted by atomic mass is 16.6. The zero-order chi connectivity index (χ0) is 15.4. The number of hydrogen-bond acceptors (Lipinski definition) is 4. The summed E-state index contributed by atoms with van der Waals surface area (Å²) < 4.78 is 5.39. The van der Waals surface area contributed by atoms with Crippen molar-refractivity contribution in [1.29, 1.82) is 0 Å². The van der Waals surface area contributed by atoms with Crippen LogP contribution in [0.3, 0.4) is 0 Å². The molecular formula is C16H24N2O3. The molecule has 1 heterocycles. The second-order valence-corrected chi connectivity index (χ2v) is 5.93. The van der Waals surface area contributed by atoms with Gasteiger partial charge < -0.3 is 10.1 Å². The lowest BCUT2D eigenvalue weighted by Crippen LogP contribution is -2.38. The van der Waals surface area contributed by atoms with Gasteiger partial charge in [0.2, 0.25) is 0 Å². The largest absolute Gasteiger partial charge is 0.381 e. The van der Waals surface area contributed by atoms with E-state index in [0.29, 0.717) is 17.5 Å². The molecule has 0 aromatic heterocycles. The van der Waals surface area contributed by atoms with Gasteiger partial charge in [-0.15, -0.1) is 0 Å². The van der Waals surface area contributed by atoms with E-state index in [0.717, 1.165) is 31.6 Å². The molecule has 1 aromatic carbocycles. The van der Waals surface area contributed by atoms with Gasteiger partial charge in [-0.1, -0.05) is 12.1 Å². The Balaban J connectivity index is 2.04. The number of nitro benzene ring substituents is 1. The molecule has 116 valence electrons. The molecular weight excluding hydrogens is 268 g/mol. The van der Waals surface area contributed by atoms with Crippen LogP contribution in [0.15, 0.2) is 18.2 Å². The molecule has 1 N–H and O–H groups in total. The minimum absolute atomic E-state index is 0.0992. The molecule has 0 spiro atoms. The van der Waals surface area contributed by atoms with E-state index in [4.69, 9.17) is 4.74 Å². The summed E-state index contributed by atoms with van der Waals surface area (Å²) in [5.74, 6) is 0.613. The maximum absolute atomic E-state index is 11.0. The Morgan fingerprint density at radius 3 is 2.62 bits per heavy atom. The van der Waals surface area contributed by atoms with Crippen molar-refractivity contribution in [2.75, 3.05) is 13.2 Å². The van der Waals surface area contributed by atoms with Crippen LogP contribution in [-0.4, -0.2) is 24.2 Å². The molecule has 0 radical (unpaired) electrons. The standard InChI is InChI=1S/C16H24N2O3/c1-11-4-5-15(10-16(11)18(19)20)13(3)17-12(2)14-6-8-21-9-7-14/h4-5,10,12-14,17H,6-9H2,1-3H3. The Bertz CT molecular complexity index is 498. The predicted molar refractivity (Wildman–Crippen MR) is 82.4 cm³/mol. The summed E-state index contributed by atoms with van der Waals surface area (Å²) >= 11 is 0. The third-order valence-electron chi connectivity index (χ3n) is 4.42. The Morgan fingerprint density at radius 1 is 1.33 bits per heavy atom. The lowest BCUT2D eigenvalue weighted by molar-refractivity contribution is -0.385. The molecule has 1 aliphatic heterocycles. The van der Waals surface area contributed by atoms with E-state index in [2.05, 4.69) is 19.2 Å². The highest BCUT2D eigenvalue weighted by molar-refractivity contribution is 5.43. The van der Waals surface area contributed by atoms with Crippen LogP contribution in [0.2, 0.25) is 0 Å². The first-order chi connectivity index (χ1) is 9.99. The van der Waals surface area contributed by atoms with Gasteiger partial charge in [0.15, 0.2) is 0 Å². The topological polar surface area (TPSA) is 64.4 Å². The van der Waals surface area contributed by atoms with E-state index in [1.54, 1.807) is 13.0 Å². The molecule has 5 nitrogen and oxygen atoms in total. The number of hydrogen-bond donors (Lipinski definition) is 1. The van der Waals surface area contributed by atoms with Crippen molar-refractivity contribution < 1.29 is 9.66 Å². The highest BCUT2D eigenvalue weighted by Gasteiger charge is 2.22. The van der Waals surface area contributed by atoms with Crippen molar-refractivity contribution >= 4 is 5.69 Å². The maximum atomic E-state index is 11.0. The van der Waals surface area contributed by atoms with Crippen molar-refractivity contribution in [3.05, 3.63) is 39.4 Å². The van der Waals surface area contributed by atoms with Crippen molar-refractivity contribution in [3.8, 4) is 0 Å². The molecule has 2 unspecified atom stereocenters. The fourth-order valence-electron chi connectivity index (χ4n) is 2.93. The summed E-state index contributed by atoms with van der Waals surface area (Å²) in [5, 5.41) is 14.6. The van der Waals surface area contributed by atoms with Crippen LogP contribution in [-0.2, 0) is 4.74 Å². The van der Waals surface area contributed by atoms with E-state index < -0.39 is 0 Å². The summed E-state index contributed by atoms with van der Waals surface area (Å²) in [5.41, 5.74) is 1.86. The molecule has 0 amide bonds. The quantitative estimate of drug-likeness (QED) is 0.667. The zero-order valence-corrected chi connectivity index (χ0v) is 13.0. The van der Waals surface area contributed by atoms with Gasteiger partial charge in [-0.25, -0.2) is 0 Å². The SMILES string of the molecule is Cc1ccc(C(C)NC(C)C2CCOCC2)cc1[N+](=O)[O-]. The van der Waals surface area contributed by atoms with E-state index in [9.17, 15) is 10.1 Å². The van der Waals surface area contributed by atoms with Gasteiger partial charge in [-0.3, -0.25) is 10.1 Å². The van der Waals surface area contributed by atoms with Crippen LogP contribution in [0, 0.1) is 23.0 Å². The molecule has 2 rings (SSSR count). The zero-order valence-electron chi connectivity index (χ0n) is 13.0. The number of nitrogens with one attached hydrogen (secondary N) is 1. The average Bonchev–Trinajstić information content (AvgIpc) is 2.48. The first kappa shape index (κ1) is 15.9. The van der Waals surface area contributed by atoms with Crippen LogP contribution in [0.1, 0.15) is 43.9 Å². The molecule has 0 saturated carbocycles. The minimum Gasteiger partial charge on any atom is -0.381 e. The number of aryl methyl sites for hydroxylation is 1. The van der Waals surface area contributed by atoms with E-state index in [1.165, 1.54) is 0 Å². The van der Waals surface area contributed by atoms with Crippen molar-refractivity contribution in [1.82, 2.24) is 5.32 Å². The van der Waals surface area contributed by atoms with Gasteiger partial charge >= 0.3 is 0 Å². The third kappa shape index (κ3) is 4.02. The van der Waals surface area contributed by atoms with Gasteiger partial charge in [0.1, 0.15) is 0 Å². The first-order valence-electron chi connectivity index (χ1n) is 7.57. The van der Waals surface area contributed by atoms with Crippen LogP contribution in [0.25, 0.3) is 0 Å². The van der Waals surface area contributed by atoms with E-state index >= 15 is 0 Å². The molecule has 1 saturated heterocycles. The normalized spacial score (nSPS) is 19.2. The van der Waals surface area contributed by atoms with Crippen LogP contribution < -0.4 is 5.32 Å². The monoisotopic (exact) mass is 292 g/mol. The van der Waals surface area contributed by atoms with Crippen LogP contribution in [0.5, 0.6) is 0 Å². The molecule has 21 heavy (non-hydrogen) atoms. The summed E-state index contributed by atoms with van der Waals surface area (Å²) in [6.45, 7) is 7.69. The number of benzene rings is 1. The summed E-state index contributed by atoms with van der Waals surface area (Å²) in [6, 6.07) is 5.96. The summed E-state index contributed by atoms with van der Waals surface area (Å²) in [7, 11) is 0. The molecule has 0 aliphatic carbocycles. The number of nitrogens with zero attached hydrogens (tertiary/aromatic N) is 1. The fraction of sp³-hybridized carbons (Fsp3) is 0.625. The number of rotatable bonds is 5.